The van der Waals surface area contributed by atoms with Crippen LogP contribution in [0.4, 0.5) is 5.69 Å². The van der Waals surface area contributed by atoms with E-state index >= 15 is 0 Å². The molecule has 0 aromatic heterocycles. The van der Waals surface area contributed by atoms with Gasteiger partial charge >= 0.3 is 0 Å². The topological polar surface area (TPSA) is 55.1 Å². The highest BCUT2D eigenvalue weighted by Gasteiger charge is 2.10. The summed E-state index contributed by atoms with van der Waals surface area (Å²) in [5.74, 6) is 0.616. The Bertz CT molecular complexity index is 670. The molecule has 0 bridgehead atoms. The van der Waals surface area contributed by atoms with Crippen molar-refractivity contribution in [1.82, 2.24) is 0 Å². The van der Waals surface area contributed by atoms with Crippen molar-refractivity contribution in [1.29, 1.82) is 0 Å². The molecule has 0 fully saturated rings. The van der Waals surface area contributed by atoms with Crippen molar-refractivity contribution in [2.45, 2.75) is 13.0 Å². The zero-order valence-corrected chi connectivity index (χ0v) is 13.2. The fraction of sp³-hybridized carbons (Fsp3) is 0.267. The van der Waals surface area contributed by atoms with E-state index in [4.69, 9.17) is 18.0 Å². The second kappa shape index (κ2) is 6.33. The molecule has 3 N–H and O–H groups in total. The molecule has 0 aliphatic heterocycles. The summed E-state index contributed by atoms with van der Waals surface area (Å²) in [5.41, 5.74) is 7.66. The molecule has 2 aromatic carbocycles. The van der Waals surface area contributed by atoms with Crippen LogP contribution in [-0.2, 0) is 10.8 Å². The summed E-state index contributed by atoms with van der Waals surface area (Å²) in [6, 6.07) is 12.1. The fourth-order valence-corrected chi connectivity index (χ4v) is 3.26. The molecule has 20 heavy (non-hydrogen) atoms. The van der Waals surface area contributed by atoms with Gasteiger partial charge < -0.3 is 11.1 Å². The van der Waals surface area contributed by atoms with Gasteiger partial charge in [-0.2, -0.15) is 0 Å². The minimum atomic E-state index is -0.818. The third kappa shape index (κ3) is 3.35. The Balaban J connectivity index is 2.43. The predicted octanol–water partition coefficient (Wildman–Crippen LogP) is 2.65. The van der Waals surface area contributed by atoms with Gasteiger partial charge in [-0.15, -0.1) is 0 Å². The minimum Gasteiger partial charge on any atom is -0.389 e. The first-order valence-corrected chi connectivity index (χ1v) is 8.50. The lowest BCUT2D eigenvalue weighted by Gasteiger charge is -2.17. The lowest BCUT2D eigenvalue weighted by atomic mass is 10.0. The first-order valence-electron chi connectivity index (χ1n) is 6.37. The summed E-state index contributed by atoms with van der Waals surface area (Å²) in [5, 5.41) is 5.52. The van der Waals surface area contributed by atoms with E-state index < -0.39 is 10.8 Å². The van der Waals surface area contributed by atoms with Gasteiger partial charge in [0, 0.05) is 45.5 Å². The third-order valence-electron chi connectivity index (χ3n) is 3.08. The van der Waals surface area contributed by atoms with Gasteiger partial charge in [0.1, 0.15) is 4.99 Å². The van der Waals surface area contributed by atoms with E-state index in [1.807, 2.05) is 43.3 Å². The van der Waals surface area contributed by atoms with Crippen LogP contribution >= 0.6 is 12.2 Å². The van der Waals surface area contributed by atoms with E-state index in [9.17, 15) is 4.21 Å². The standard InChI is InChI=1S/C15H18N2OS2/c1-10(9-20(2)18)17-14-8-7-13(15(16)19)11-5-3-4-6-12(11)14/h3-8,10,17H,9H2,1-2H3,(H2,16,19). The molecular weight excluding hydrogens is 288 g/mol. The molecule has 0 spiro atoms. The van der Waals surface area contributed by atoms with Crippen molar-refractivity contribution >= 4 is 44.5 Å². The number of fused-ring (bicyclic) bond motifs is 1. The number of rotatable bonds is 5. The zero-order chi connectivity index (χ0) is 14.7. The second-order valence-corrected chi connectivity index (χ2v) is 6.78. The normalized spacial score (nSPS) is 13.9. The van der Waals surface area contributed by atoms with E-state index in [1.165, 1.54) is 0 Å². The van der Waals surface area contributed by atoms with Gasteiger partial charge in [-0.25, -0.2) is 0 Å². The molecular formula is C15H18N2OS2. The molecule has 3 nitrogen and oxygen atoms in total. The number of thiocarbonyl (C=S) groups is 1. The Hall–Kier alpha value is -1.46. The third-order valence-corrected chi connectivity index (χ3v) is 4.27. The van der Waals surface area contributed by atoms with E-state index in [1.54, 1.807) is 6.26 Å². The van der Waals surface area contributed by atoms with Gasteiger partial charge in [0.05, 0.1) is 0 Å². The van der Waals surface area contributed by atoms with Gasteiger partial charge in [-0.1, -0.05) is 36.5 Å². The van der Waals surface area contributed by atoms with E-state index in [-0.39, 0.29) is 6.04 Å². The molecule has 0 amide bonds. The van der Waals surface area contributed by atoms with Crippen LogP contribution in [0.25, 0.3) is 10.8 Å². The van der Waals surface area contributed by atoms with Crippen LogP contribution in [0.2, 0.25) is 0 Å². The highest BCUT2D eigenvalue weighted by Crippen LogP contribution is 2.27. The molecule has 0 saturated carbocycles. The summed E-state index contributed by atoms with van der Waals surface area (Å²) >= 11 is 5.09. The molecule has 106 valence electrons. The largest absolute Gasteiger partial charge is 0.389 e. The molecule has 2 aromatic rings. The molecule has 0 saturated heterocycles. The Labute approximate surface area is 127 Å². The average Bonchev–Trinajstić information content (AvgIpc) is 2.37. The number of hydrogen-bond acceptors (Lipinski definition) is 3. The Morgan fingerprint density at radius 3 is 2.55 bits per heavy atom. The molecule has 0 heterocycles. The van der Waals surface area contributed by atoms with Crippen LogP contribution < -0.4 is 11.1 Å². The van der Waals surface area contributed by atoms with Crippen molar-refractivity contribution in [2.24, 2.45) is 5.73 Å². The highest BCUT2D eigenvalue weighted by molar-refractivity contribution is 7.84. The average molecular weight is 306 g/mol. The first-order chi connectivity index (χ1) is 9.49. The van der Waals surface area contributed by atoms with Crippen molar-refractivity contribution in [3.63, 3.8) is 0 Å². The van der Waals surface area contributed by atoms with E-state index in [0.29, 0.717) is 10.7 Å². The first kappa shape index (κ1) is 14.9. The SMILES string of the molecule is CC(CS(C)=O)Nc1ccc(C(N)=S)c2ccccc12. The van der Waals surface area contributed by atoms with Crippen LogP contribution in [0.5, 0.6) is 0 Å². The van der Waals surface area contributed by atoms with Crippen LogP contribution in [0.1, 0.15) is 12.5 Å². The van der Waals surface area contributed by atoms with Crippen molar-refractivity contribution in [2.75, 3.05) is 17.3 Å². The molecule has 0 radical (unpaired) electrons. The Kier molecular flexibility index (Phi) is 4.73. The van der Waals surface area contributed by atoms with Crippen LogP contribution in [0.15, 0.2) is 36.4 Å². The summed E-state index contributed by atoms with van der Waals surface area (Å²) < 4.78 is 11.3. The lowest BCUT2D eigenvalue weighted by molar-refractivity contribution is 0.683. The minimum absolute atomic E-state index is 0.139. The van der Waals surface area contributed by atoms with Crippen molar-refractivity contribution in [3.05, 3.63) is 42.0 Å². The van der Waals surface area contributed by atoms with E-state index in [2.05, 4.69) is 5.32 Å². The number of nitrogens with one attached hydrogen (secondary N) is 1. The smallest absolute Gasteiger partial charge is 0.104 e. The van der Waals surface area contributed by atoms with Gasteiger partial charge in [-0.05, 0) is 24.4 Å². The van der Waals surface area contributed by atoms with Gasteiger partial charge in [-0.3, -0.25) is 4.21 Å². The van der Waals surface area contributed by atoms with Crippen LogP contribution in [-0.4, -0.2) is 27.2 Å². The predicted molar refractivity (Wildman–Crippen MR) is 91.9 cm³/mol. The van der Waals surface area contributed by atoms with Crippen LogP contribution in [0.3, 0.4) is 0 Å². The Morgan fingerprint density at radius 1 is 1.30 bits per heavy atom. The summed E-state index contributed by atoms with van der Waals surface area (Å²) in [7, 11) is -0.818. The number of hydrogen-bond donors (Lipinski definition) is 2. The van der Waals surface area contributed by atoms with Crippen molar-refractivity contribution in [3.8, 4) is 0 Å². The van der Waals surface area contributed by atoms with Gasteiger partial charge in [0.15, 0.2) is 0 Å². The number of nitrogens with two attached hydrogens (primary N) is 1. The van der Waals surface area contributed by atoms with E-state index in [0.717, 1.165) is 22.0 Å². The maximum atomic E-state index is 11.3. The molecule has 2 atom stereocenters. The monoisotopic (exact) mass is 306 g/mol. The number of benzene rings is 2. The summed E-state index contributed by atoms with van der Waals surface area (Å²) in [4.78, 5) is 0.399. The molecule has 2 rings (SSSR count). The molecule has 0 aliphatic rings. The van der Waals surface area contributed by atoms with Gasteiger partial charge in [0.25, 0.3) is 0 Å². The second-order valence-electron chi connectivity index (χ2n) is 4.86. The highest BCUT2D eigenvalue weighted by atomic mass is 32.2. The Morgan fingerprint density at radius 2 is 1.95 bits per heavy atom. The maximum Gasteiger partial charge on any atom is 0.104 e. The lowest BCUT2D eigenvalue weighted by Crippen LogP contribution is -2.22. The molecule has 0 aliphatic carbocycles. The summed E-state index contributed by atoms with van der Waals surface area (Å²) in [6.45, 7) is 2.03. The summed E-state index contributed by atoms with van der Waals surface area (Å²) in [6.07, 6.45) is 1.71. The zero-order valence-electron chi connectivity index (χ0n) is 11.6. The maximum absolute atomic E-state index is 11.3. The molecule has 5 heteroatoms. The molecule has 2 unspecified atom stereocenters. The fourth-order valence-electron chi connectivity index (χ4n) is 2.30. The number of anilines is 1. The quantitative estimate of drug-likeness (QED) is 0.834. The van der Waals surface area contributed by atoms with Gasteiger partial charge in [0.2, 0.25) is 0 Å². The van der Waals surface area contributed by atoms with Crippen LogP contribution in [0, 0.1) is 0 Å². The van der Waals surface area contributed by atoms with Crippen molar-refractivity contribution < 1.29 is 4.21 Å².